The van der Waals surface area contributed by atoms with Crippen LogP contribution >= 0.6 is 0 Å². The van der Waals surface area contributed by atoms with Gasteiger partial charge < -0.3 is 24.4 Å². The first-order valence-corrected chi connectivity index (χ1v) is 10.2. The summed E-state index contributed by atoms with van der Waals surface area (Å²) >= 11 is 0. The molecule has 1 aromatic rings. The summed E-state index contributed by atoms with van der Waals surface area (Å²) in [6.45, 7) is 7.86. The molecule has 1 fully saturated rings. The fourth-order valence-electron chi connectivity index (χ4n) is 3.45. The fraction of sp³-hybridized carbons (Fsp3) is 0.750. The summed E-state index contributed by atoms with van der Waals surface area (Å²) in [5, 5.41) is 13.2. The minimum Gasteiger partial charge on any atom is -0.444 e. The molecule has 2 aliphatic rings. The van der Waals surface area contributed by atoms with Gasteiger partial charge in [0, 0.05) is 26.8 Å². The van der Waals surface area contributed by atoms with Crippen molar-refractivity contribution in [2.45, 2.75) is 64.3 Å². The highest BCUT2D eigenvalue weighted by Crippen LogP contribution is 2.42. The Bertz CT molecular complexity index is 751. The Morgan fingerprint density at radius 3 is 2.66 bits per heavy atom. The fourth-order valence-corrected chi connectivity index (χ4v) is 3.45. The largest absolute Gasteiger partial charge is 0.444 e. The van der Waals surface area contributed by atoms with Crippen LogP contribution in [0.5, 0.6) is 0 Å². The molecule has 2 heterocycles. The number of aliphatic hydroxyl groups is 1. The van der Waals surface area contributed by atoms with Gasteiger partial charge in [0.25, 0.3) is 5.91 Å². The van der Waals surface area contributed by atoms with Gasteiger partial charge in [-0.15, -0.1) is 0 Å². The Hall–Kier alpha value is -2.13. The maximum Gasteiger partial charge on any atom is 0.410 e. The number of likely N-dealkylation sites (N-methyl/N-ethyl adjacent to an activating group) is 1. The lowest BCUT2D eigenvalue weighted by Crippen LogP contribution is -2.44. The number of aromatic nitrogens is 2. The molecule has 162 valence electrons. The first-order valence-electron chi connectivity index (χ1n) is 10.2. The van der Waals surface area contributed by atoms with E-state index >= 15 is 0 Å². The van der Waals surface area contributed by atoms with Gasteiger partial charge in [-0.25, -0.2) is 4.79 Å². The monoisotopic (exact) mass is 408 g/mol. The van der Waals surface area contributed by atoms with E-state index in [2.05, 4.69) is 5.10 Å². The van der Waals surface area contributed by atoms with Crippen molar-refractivity contribution >= 4 is 12.0 Å². The maximum absolute atomic E-state index is 13.2. The van der Waals surface area contributed by atoms with Crippen LogP contribution < -0.4 is 0 Å². The van der Waals surface area contributed by atoms with Gasteiger partial charge in [0.05, 0.1) is 42.7 Å². The second-order valence-electron chi connectivity index (χ2n) is 8.85. The van der Waals surface area contributed by atoms with E-state index in [1.54, 1.807) is 27.7 Å². The van der Waals surface area contributed by atoms with Gasteiger partial charge in [-0.2, -0.15) is 5.10 Å². The van der Waals surface area contributed by atoms with Crippen LogP contribution in [0.25, 0.3) is 0 Å². The lowest BCUT2D eigenvalue weighted by atomic mass is 10.1. The second kappa shape index (κ2) is 8.31. The second-order valence-corrected chi connectivity index (χ2v) is 8.85. The third kappa shape index (κ3) is 4.90. The summed E-state index contributed by atoms with van der Waals surface area (Å²) in [4.78, 5) is 29.0. The molecule has 3 rings (SSSR count). The quantitative estimate of drug-likeness (QED) is 0.689. The predicted octanol–water partition coefficient (Wildman–Crippen LogP) is 1.64. The highest BCUT2D eigenvalue weighted by molar-refractivity contribution is 5.96. The molecule has 0 saturated heterocycles. The lowest BCUT2D eigenvalue weighted by Gasteiger charge is -2.32. The van der Waals surface area contributed by atoms with Gasteiger partial charge in [0.1, 0.15) is 5.60 Å². The van der Waals surface area contributed by atoms with Crippen molar-refractivity contribution in [1.29, 1.82) is 0 Å². The Labute approximate surface area is 171 Å². The zero-order chi connectivity index (χ0) is 21.2. The molecule has 0 aromatic carbocycles. The van der Waals surface area contributed by atoms with Crippen LogP contribution in [0.2, 0.25) is 0 Å². The van der Waals surface area contributed by atoms with E-state index in [4.69, 9.17) is 14.6 Å². The molecule has 0 spiro atoms. The zero-order valence-electron chi connectivity index (χ0n) is 17.8. The van der Waals surface area contributed by atoms with Crippen molar-refractivity contribution in [3.8, 4) is 0 Å². The van der Waals surface area contributed by atoms with Gasteiger partial charge in [0.2, 0.25) is 0 Å². The van der Waals surface area contributed by atoms with Gasteiger partial charge in [0.15, 0.2) is 0 Å². The summed E-state index contributed by atoms with van der Waals surface area (Å²) in [7, 11) is 1.79. The molecule has 9 nitrogen and oxygen atoms in total. The van der Waals surface area contributed by atoms with Crippen LogP contribution in [-0.2, 0) is 22.6 Å². The van der Waals surface area contributed by atoms with Crippen molar-refractivity contribution in [1.82, 2.24) is 19.6 Å². The van der Waals surface area contributed by atoms with Crippen LogP contribution in [0.3, 0.4) is 0 Å². The van der Waals surface area contributed by atoms with Crippen molar-refractivity contribution in [2.75, 3.05) is 33.4 Å². The molecule has 2 amide bonds. The number of amides is 2. The summed E-state index contributed by atoms with van der Waals surface area (Å²) in [6.07, 6.45) is 3.58. The topological polar surface area (TPSA) is 97.1 Å². The van der Waals surface area contributed by atoms with E-state index in [1.807, 2.05) is 20.8 Å². The first-order chi connectivity index (χ1) is 13.7. The van der Waals surface area contributed by atoms with E-state index in [1.165, 1.54) is 0 Å². The molecular weight excluding hydrogens is 376 g/mol. The van der Waals surface area contributed by atoms with Crippen molar-refractivity contribution < 1.29 is 24.2 Å². The third-order valence-electron chi connectivity index (χ3n) is 5.41. The molecule has 9 heteroatoms. The summed E-state index contributed by atoms with van der Waals surface area (Å²) in [5.41, 5.74) is 0.390. The van der Waals surface area contributed by atoms with Crippen LogP contribution in [-0.4, -0.2) is 81.2 Å². The molecule has 1 aromatic heterocycles. The number of carbonyl (C=O) groups excluding carboxylic acids is 2. The highest BCUT2D eigenvalue weighted by Gasteiger charge is 2.49. The van der Waals surface area contributed by atoms with Crippen molar-refractivity contribution in [3.05, 3.63) is 17.5 Å². The predicted molar refractivity (Wildman–Crippen MR) is 105 cm³/mol. The number of hydrogen-bond acceptors (Lipinski definition) is 6. The van der Waals surface area contributed by atoms with E-state index in [9.17, 15) is 9.59 Å². The van der Waals surface area contributed by atoms with Crippen LogP contribution in [0.4, 0.5) is 4.79 Å². The van der Waals surface area contributed by atoms with Crippen LogP contribution in [0, 0.1) is 0 Å². The first kappa shape index (κ1) is 21.6. The SMILES string of the molecule is CN(C(=O)c1cnn2c1CN(C(=O)OC(C)(C)C)CC2)C1(COCCCO)CC1. The van der Waals surface area contributed by atoms with Gasteiger partial charge in [-0.3, -0.25) is 9.48 Å². The normalized spacial score (nSPS) is 17.6. The van der Waals surface area contributed by atoms with Crippen molar-refractivity contribution in [2.24, 2.45) is 0 Å². The number of rotatable bonds is 7. The van der Waals surface area contributed by atoms with Crippen LogP contribution in [0.15, 0.2) is 6.20 Å². The molecule has 1 aliphatic heterocycles. The van der Waals surface area contributed by atoms with E-state index in [-0.39, 0.29) is 24.1 Å². The number of fused-ring (bicyclic) bond motifs is 1. The van der Waals surface area contributed by atoms with E-state index < -0.39 is 5.60 Å². The maximum atomic E-state index is 13.2. The standard InChI is InChI=1S/C20H32N4O5/c1-19(2,3)29-18(27)23-8-9-24-16(13-23)15(12-21-24)17(26)22(4)20(6-7-20)14-28-11-5-10-25/h12,25H,5-11,13-14H2,1-4H3. The molecule has 29 heavy (non-hydrogen) atoms. The minimum atomic E-state index is -0.567. The number of ether oxygens (including phenoxy) is 2. The molecular formula is C20H32N4O5. The van der Waals surface area contributed by atoms with E-state index in [0.29, 0.717) is 44.8 Å². The van der Waals surface area contributed by atoms with Gasteiger partial charge >= 0.3 is 6.09 Å². The van der Waals surface area contributed by atoms with Crippen LogP contribution in [0.1, 0.15) is 56.1 Å². The number of hydrogen-bond donors (Lipinski definition) is 1. The molecule has 1 saturated carbocycles. The third-order valence-corrected chi connectivity index (χ3v) is 5.41. The summed E-state index contributed by atoms with van der Waals surface area (Å²) < 4.78 is 12.9. The Morgan fingerprint density at radius 1 is 1.31 bits per heavy atom. The Balaban J connectivity index is 1.68. The summed E-state index contributed by atoms with van der Waals surface area (Å²) in [5.74, 6) is -0.111. The Kier molecular flexibility index (Phi) is 6.19. The van der Waals surface area contributed by atoms with Crippen molar-refractivity contribution in [3.63, 3.8) is 0 Å². The smallest absolute Gasteiger partial charge is 0.410 e. The lowest BCUT2D eigenvalue weighted by molar-refractivity contribution is 0.0190. The molecule has 0 atom stereocenters. The van der Waals surface area contributed by atoms with E-state index in [0.717, 1.165) is 18.5 Å². The molecule has 1 aliphatic carbocycles. The van der Waals surface area contributed by atoms with Gasteiger partial charge in [-0.05, 0) is 40.0 Å². The molecule has 0 unspecified atom stereocenters. The average Bonchev–Trinajstić information content (AvgIpc) is 3.33. The minimum absolute atomic E-state index is 0.0957. The highest BCUT2D eigenvalue weighted by atomic mass is 16.6. The summed E-state index contributed by atoms with van der Waals surface area (Å²) in [6, 6.07) is 0. The Morgan fingerprint density at radius 2 is 2.03 bits per heavy atom. The average molecular weight is 408 g/mol. The zero-order valence-corrected chi connectivity index (χ0v) is 17.8. The van der Waals surface area contributed by atoms with Gasteiger partial charge in [-0.1, -0.05) is 0 Å². The number of aliphatic hydroxyl groups excluding tert-OH is 1. The number of nitrogens with zero attached hydrogens (tertiary/aromatic N) is 4. The molecule has 0 bridgehead atoms. The molecule has 0 radical (unpaired) electrons. The molecule has 1 N–H and O–H groups in total. The number of carbonyl (C=O) groups is 2.